The lowest BCUT2D eigenvalue weighted by molar-refractivity contribution is -0.113. The van der Waals surface area contributed by atoms with Gasteiger partial charge in [0.1, 0.15) is 17.1 Å². The van der Waals surface area contributed by atoms with Crippen LogP contribution >= 0.6 is 23.1 Å². The number of hydrogen-bond donors (Lipinski definition) is 2. The van der Waals surface area contributed by atoms with Gasteiger partial charge in [0, 0.05) is 16.0 Å². The lowest BCUT2D eigenvalue weighted by Gasteiger charge is -2.13. The molecule has 0 aliphatic heterocycles. The van der Waals surface area contributed by atoms with Crippen molar-refractivity contribution < 1.29 is 19.1 Å². The fraction of sp³-hybridized carbons (Fsp3) is 0.190. The molecule has 0 fully saturated rings. The standard InChI is InChI=1S/C21H21N3O4S2/c1-13-11-30-21(22-13)24-18(25)12-29-15-9-7-14(8-10-15)23-20(26)19-16(27-2)5-4-6-17(19)28-3/h4-11H,12H2,1-3H3,(H,23,26)(H,22,24,25). The molecule has 30 heavy (non-hydrogen) atoms. The van der Waals surface area contributed by atoms with Crippen molar-refractivity contribution in [3.8, 4) is 11.5 Å². The number of thioether (sulfide) groups is 1. The second-order valence-electron chi connectivity index (χ2n) is 6.15. The lowest BCUT2D eigenvalue weighted by atomic mass is 10.1. The normalized spacial score (nSPS) is 10.4. The Balaban J connectivity index is 1.58. The first kappa shape index (κ1) is 21.7. The molecule has 0 bridgehead atoms. The van der Waals surface area contributed by atoms with Crippen molar-refractivity contribution in [2.24, 2.45) is 0 Å². The van der Waals surface area contributed by atoms with E-state index in [0.29, 0.717) is 27.9 Å². The number of hydrogen-bond acceptors (Lipinski definition) is 7. The van der Waals surface area contributed by atoms with Gasteiger partial charge in [0.15, 0.2) is 5.13 Å². The van der Waals surface area contributed by atoms with Gasteiger partial charge in [-0.3, -0.25) is 9.59 Å². The van der Waals surface area contributed by atoms with E-state index in [9.17, 15) is 9.59 Å². The first-order valence-corrected chi connectivity index (χ1v) is 10.8. The molecule has 0 saturated carbocycles. The molecule has 2 amide bonds. The molecule has 0 saturated heterocycles. The second-order valence-corrected chi connectivity index (χ2v) is 8.05. The molecular weight excluding hydrogens is 422 g/mol. The molecule has 7 nitrogen and oxygen atoms in total. The lowest BCUT2D eigenvalue weighted by Crippen LogP contribution is -2.14. The Morgan fingerprint density at radius 1 is 1.03 bits per heavy atom. The number of nitrogens with zero attached hydrogens (tertiary/aromatic N) is 1. The monoisotopic (exact) mass is 443 g/mol. The van der Waals surface area contributed by atoms with Crippen molar-refractivity contribution in [1.82, 2.24) is 4.98 Å². The molecule has 1 aromatic heterocycles. The summed E-state index contributed by atoms with van der Waals surface area (Å²) in [5.74, 6) is 0.682. The number of benzene rings is 2. The molecule has 0 atom stereocenters. The minimum Gasteiger partial charge on any atom is -0.496 e. The molecule has 9 heteroatoms. The minimum absolute atomic E-state index is 0.116. The zero-order valence-electron chi connectivity index (χ0n) is 16.7. The van der Waals surface area contributed by atoms with E-state index in [1.807, 2.05) is 24.4 Å². The summed E-state index contributed by atoms with van der Waals surface area (Å²) in [6, 6.07) is 12.4. The van der Waals surface area contributed by atoms with Gasteiger partial charge in [-0.2, -0.15) is 0 Å². The molecule has 3 aromatic rings. The Bertz CT molecular complexity index is 1010. The Hall–Kier alpha value is -3.04. The number of aromatic nitrogens is 1. The van der Waals surface area contributed by atoms with E-state index in [-0.39, 0.29) is 17.6 Å². The molecule has 2 aromatic carbocycles. The summed E-state index contributed by atoms with van der Waals surface area (Å²) in [6.45, 7) is 1.88. The van der Waals surface area contributed by atoms with Gasteiger partial charge in [-0.25, -0.2) is 4.98 Å². The molecule has 2 N–H and O–H groups in total. The fourth-order valence-electron chi connectivity index (χ4n) is 2.62. The van der Waals surface area contributed by atoms with Crippen LogP contribution in [0.25, 0.3) is 0 Å². The van der Waals surface area contributed by atoms with E-state index in [1.165, 1.54) is 37.3 Å². The van der Waals surface area contributed by atoms with Crippen molar-refractivity contribution in [2.75, 3.05) is 30.6 Å². The number of nitrogens with one attached hydrogen (secondary N) is 2. The minimum atomic E-state index is -0.331. The SMILES string of the molecule is COc1cccc(OC)c1C(=O)Nc1ccc(SCC(=O)Nc2nc(C)cs2)cc1. The van der Waals surface area contributed by atoms with Crippen LogP contribution in [-0.4, -0.2) is 36.8 Å². The van der Waals surface area contributed by atoms with Gasteiger partial charge in [0.2, 0.25) is 5.91 Å². The van der Waals surface area contributed by atoms with Crippen LogP contribution in [0, 0.1) is 6.92 Å². The summed E-state index contributed by atoms with van der Waals surface area (Å²) < 4.78 is 10.6. The van der Waals surface area contributed by atoms with E-state index >= 15 is 0 Å². The van der Waals surface area contributed by atoms with Crippen molar-refractivity contribution in [3.63, 3.8) is 0 Å². The first-order chi connectivity index (χ1) is 14.5. The maximum atomic E-state index is 12.7. The third-order valence-electron chi connectivity index (χ3n) is 4.00. The molecule has 0 spiro atoms. The summed E-state index contributed by atoms with van der Waals surface area (Å²) in [5, 5.41) is 8.10. The second kappa shape index (κ2) is 10.1. The molecule has 3 rings (SSSR count). The van der Waals surface area contributed by atoms with Crippen molar-refractivity contribution in [3.05, 3.63) is 59.1 Å². The highest BCUT2D eigenvalue weighted by atomic mass is 32.2. The summed E-state index contributed by atoms with van der Waals surface area (Å²) in [5.41, 5.74) is 1.83. The highest BCUT2D eigenvalue weighted by Gasteiger charge is 2.18. The quantitative estimate of drug-likeness (QED) is 0.500. The van der Waals surface area contributed by atoms with E-state index in [1.54, 1.807) is 30.3 Å². The molecule has 0 radical (unpaired) electrons. The predicted molar refractivity (Wildman–Crippen MR) is 120 cm³/mol. The van der Waals surface area contributed by atoms with Gasteiger partial charge in [-0.05, 0) is 43.3 Å². The predicted octanol–water partition coefficient (Wildman–Crippen LogP) is 4.45. The smallest absolute Gasteiger partial charge is 0.263 e. The Labute approximate surface area is 182 Å². The van der Waals surface area contributed by atoms with Crippen LogP contribution in [0.15, 0.2) is 52.7 Å². The van der Waals surface area contributed by atoms with Crippen molar-refractivity contribution >= 4 is 45.7 Å². The summed E-state index contributed by atoms with van der Waals surface area (Å²) in [7, 11) is 3.01. The summed E-state index contributed by atoms with van der Waals surface area (Å²) >= 11 is 2.80. The van der Waals surface area contributed by atoms with E-state index < -0.39 is 0 Å². The average molecular weight is 444 g/mol. The Kier molecular flexibility index (Phi) is 7.31. The number of carbonyl (C=O) groups is 2. The average Bonchev–Trinajstić information content (AvgIpc) is 3.16. The maximum absolute atomic E-state index is 12.7. The molecular formula is C21H21N3O4S2. The van der Waals surface area contributed by atoms with Gasteiger partial charge in [-0.15, -0.1) is 23.1 Å². The number of carbonyl (C=O) groups excluding carboxylic acids is 2. The zero-order chi connectivity index (χ0) is 21.5. The van der Waals surface area contributed by atoms with Crippen LogP contribution in [0.2, 0.25) is 0 Å². The summed E-state index contributed by atoms with van der Waals surface area (Å²) in [6.07, 6.45) is 0. The number of methoxy groups -OCH3 is 2. The van der Waals surface area contributed by atoms with E-state index in [4.69, 9.17) is 9.47 Å². The first-order valence-electron chi connectivity index (χ1n) is 8.97. The Morgan fingerprint density at radius 2 is 1.70 bits per heavy atom. The number of ether oxygens (including phenoxy) is 2. The molecule has 1 heterocycles. The zero-order valence-corrected chi connectivity index (χ0v) is 18.4. The highest BCUT2D eigenvalue weighted by Crippen LogP contribution is 2.29. The third-order valence-corrected chi connectivity index (χ3v) is 5.89. The molecule has 0 unspecified atom stereocenters. The van der Waals surface area contributed by atoms with Gasteiger partial charge in [0.05, 0.1) is 25.7 Å². The van der Waals surface area contributed by atoms with Gasteiger partial charge in [0.25, 0.3) is 5.91 Å². The van der Waals surface area contributed by atoms with E-state index in [0.717, 1.165) is 10.6 Å². The number of thiazole rings is 1. The van der Waals surface area contributed by atoms with Crippen LogP contribution in [0.5, 0.6) is 11.5 Å². The highest BCUT2D eigenvalue weighted by molar-refractivity contribution is 8.00. The molecule has 156 valence electrons. The van der Waals surface area contributed by atoms with Crippen molar-refractivity contribution in [1.29, 1.82) is 0 Å². The van der Waals surface area contributed by atoms with Crippen LogP contribution in [-0.2, 0) is 4.79 Å². The molecule has 0 aliphatic carbocycles. The van der Waals surface area contributed by atoms with Crippen LogP contribution in [0.3, 0.4) is 0 Å². The van der Waals surface area contributed by atoms with Gasteiger partial charge >= 0.3 is 0 Å². The number of rotatable bonds is 8. The summed E-state index contributed by atoms with van der Waals surface area (Å²) in [4.78, 5) is 29.9. The van der Waals surface area contributed by atoms with Crippen LogP contribution in [0.4, 0.5) is 10.8 Å². The van der Waals surface area contributed by atoms with E-state index in [2.05, 4.69) is 15.6 Å². The van der Waals surface area contributed by atoms with Crippen LogP contribution < -0.4 is 20.1 Å². The Morgan fingerprint density at radius 3 is 2.27 bits per heavy atom. The fourth-order valence-corrected chi connectivity index (χ4v) is 4.02. The number of anilines is 2. The number of amides is 2. The maximum Gasteiger partial charge on any atom is 0.263 e. The largest absolute Gasteiger partial charge is 0.496 e. The topological polar surface area (TPSA) is 89.5 Å². The third kappa shape index (κ3) is 5.52. The molecule has 0 aliphatic rings. The van der Waals surface area contributed by atoms with Gasteiger partial charge in [-0.1, -0.05) is 6.07 Å². The van der Waals surface area contributed by atoms with Crippen molar-refractivity contribution in [2.45, 2.75) is 11.8 Å². The number of aryl methyl sites for hydroxylation is 1. The van der Waals surface area contributed by atoms with Gasteiger partial charge < -0.3 is 20.1 Å². The van der Waals surface area contributed by atoms with Crippen LogP contribution in [0.1, 0.15) is 16.1 Å².